The molecule has 1 fully saturated rings. The largest absolute Gasteiger partial charge is 0.342 e. The molecule has 0 radical (unpaired) electrons. The third-order valence-corrected chi connectivity index (χ3v) is 4.87. The van der Waals surface area contributed by atoms with Crippen molar-refractivity contribution in [3.63, 3.8) is 0 Å². The molecule has 1 N–H and O–H groups in total. The van der Waals surface area contributed by atoms with Gasteiger partial charge in [-0.1, -0.05) is 30.1 Å². The lowest BCUT2D eigenvalue weighted by Crippen LogP contribution is -2.33. The third kappa shape index (κ3) is 2.67. The van der Waals surface area contributed by atoms with Crippen molar-refractivity contribution in [2.45, 2.75) is 32.1 Å². The summed E-state index contributed by atoms with van der Waals surface area (Å²) in [5.41, 5.74) is 1.77. The number of H-pyrrole nitrogens is 1. The topological polar surface area (TPSA) is 31.9 Å². The molecule has 0 saturated carbocycles. The highest BCUT2D eigenvalue weighted by atomic mass is 35.5. The molecule has 1 aliphatic heterocycles. The Morgan fingerprint density at radius 3 is 2.75 bits per heavy atom. The van der Waals surface area contributed by atoms with Gasteiger partial charge in [0, 0.05) is 5.92 Å². The van der Waals surface area contributed by atoms with Gasteiger partial charge in [0.2, 0.25) is 0 Å². The van der Waals surface area contributed by atoms with Crippen molar-refractivity contribution >= 4 is 34.2 Å². The van der Waals surface area contributed by atoms with Crippen molar-refractivity contribution in [1.82, 2.24) is 14.9 Å². The fourth-order valence-corrected chi connectivity index (χ4v) is 3.34. The standard InChI is InChI=1S/C15H19Cl2N3/c1-2-7-20-8-5-10(6-9-20)15-18-12-4-3-11(16)13(17)14(12)19-15/h3-4,10H,2,5-9H2,1H3,(H,18,19). The van der Waals surface area contributed by atoms with Gasteiger partial charge in [0.25, 0.3) is 0 Å². The monoisotopic (exact) mass is 311 g/mol. The number of benzene rings is 1. The molecule has 0 amide bonds. The maximum atomic E-state index is 6.22. The maximum Gasteiger partial charge on any atom is 0.110 e. The van der Waals surface area contributed by atoms with Gasteiger partial charge < -0.3 is 9.88 Å². The van der Waals surface area contributed by atoms with Gasteiger partial charge in [0.1, 0.15) is 11.3 Å². The fourth-order valence-electron chi connectivity index (χ4n) is 2.98. The first-order chi connectivity index (χ1) is 9.69. The second-order valence-electron chi connectivity index (χ2n) is 5.50. The zero-order chi connectivity index (χ0) is 14.1. The van der Waals surface area contributed by atoms with Crippen molar-refractivity contribution < 1.29 is 0 Å². The summed E-state index contributed by atoms with van der Waals surface area (Å²) < 4.78 is 0. The van der Waals surface area contributed by atoms with E-state index in [4.69, 9.17) is 23.2 Å². The van der Waals surface area contributed by atoms with E-state index in [1.165, 1.54) is 13.0 Å². The van der Waals surface area contributed by atoms with E-state index in [0.717, 1.165) is 42.8 Å². The highest BCUT2D eigenvalue weighted by Gasteiger charge is 2.23. The van der Waals surface area contributed by atoms with Gasteiger partial charge in [-0.15, -0.1) is 0 Å². The Kier molecular flexibility index (Phi) is 4.20. The Labute approximate surface area is 129 Å². The number of rotatable bonds is 3. The van der Waals surface area contributed by atoms with E-state index in [-0.39, 0.29) is 0 Å². The van der Waals surface area contributed by atoms with Crippen molar-refractivity contribution in [3.05, 3.63) is 28.0 Å². The van der Waals surface area contributed by atoms with Gasteiger partial charge in [-0.25, -0.2) is 4.98 Å². The summed E-state index contributed by atoms with van der Waals surface area (Å²) in [4.78, 5) is 10.6. The summed E-state index contributed by atoms with van der Waals surface area (Å²) in [5, 5.41) is 1.12. The van der Waals surface area contributed by atoms with Crippen LogP contribution < -0.4 is 0 Å². The molecule has 0 unspecified atom stereocenters. The van der Waals surface area contributed by atoms with Crippen LogP contribution in [0.2, 0.25) is 10.0 Å². The summed E-state index contributed by atoms with van der Waals surface area (Å²) in [6, 6.07) is 3.77. The van der Waals surface area contributed by atoms with Crippen molar-refractivity contribution in [2.75, 3.05) is 19.6 Å². The molecule has 0 spiro atoms. The van der Waals surface area contributed by atoms with Crippen LogP contribution in [-0.4, -0.2) is 34.5 Å². The average molecular weight is 312 g/mol. The predicted molar refractivity (Wildman–Crippen MR) is 84.8 cm³/mol. The second kappa shape index (κ2) is 5.92. The Morgan fingerprint density at radius 1 is 1.30 bits per heavy atom. The number of likely N-dealkylation sites (tertiary alicyclic amines) is 1. The molecule has 2 heterocycles. The Hall–Kier alpha value is -0.770. The molecule has 2 aromatic rings. The zero-order valence-electron chi connectivity index (χ0n) is 11.6. The molecule has 1 aliphatic rings. The summed E-state index contributed by atoms with van der Waals surface area (Å²) >= 11 is 12.3. The molecule has 1 saturated heterocycles. The van der Waals surface area contributed by atoms with Crippen LogP contribution in [0.1, 0.15) is 37.9 Å². The molecule has 3 nitrogen and oxygen atoms in total. The Balaban J connectivity index is 1.80. The van der Waals surface area contributed by atoms with E-state index in [1.54, 1.807) is 0 Å². The molecule has 20 heavy (non-hydrogen) atoms. The lowest BCUT2D eigenvalue weighted by molar-refractivity contribution is 0.210. The summed E-state index contributed by atoms with van der Waals surface area (Å²) in [7, 11) is 0. The average Bonchev–Trinajstić information content (AvgIpc) is 2.89. The van der Waals surface area contributed by atoms with Gasteiger partial charge >= 0.3 is 0 Å². The minimum Gasteiger partial charge on any atom is -0.342 e. The molecule has 3 rings (SSSR count). The summed E-state index contributed by atoms with van der Waals surface area (Å²) in [5.74, 6) is 1.56. The lowest BCUT2D eigenvalue weighted by atomic mass is 9.96. The second-order valence-corrected chi connectivity index (χ2v) is 6.28. The normalized spacial score (nSPS) is 17.9. The minimum absolute atomic E-state index is 0.505. The highest BCUT2D eigenvalue weighted by molar-refractivity contribution is 6.44. The number of nitrogens with zero attached hydrogens (tertiary/aromatic N) is 2. The summed E-state index contributed by atoms with van der Waals surface area (Å²) in [6.45, 7) is 5.75. The van der Waals surface area contributed by atoms with Crippen LogP contribution >= 0.6 is 23.2 Å². The summed E-state index contributed by atoms with van der Waals surface area (Å²) in [6.07, 6.45) is 3.54. The molecule has 0 atom stereocenters. The predicted octanol–water partition coefficient (Wildman–Crippen LogP) is 4.46. The number of piperidine rings is 1. The lowest BCUT2D eigenvalue weighted by Gasteiger charge is -2.30. The van der Waals surface area contributed by atoms with Crippen LogP contribution in [0.5, 0.6) is 0 Å². The van der Waals surface area contributed by atoms with Crippen molar-refractivity contribution in [2.24, 2.45) is 0 Å². The first kappa shape index (κ1) is 14.2. The van der Waals surface area contributed by atoms with Gasteiger partial charge in [0.15, 0.2) is 0 Å². The van der Waals surface area contributed by atoms with Crippen molar-refractivity contribution in [1.29, 1.82) is 0 Å². The first-order valence-electron chi connectivity index (χ1n) is 7.25. The number of aromatic nitrogens is 2. The van der Waals surface area contributed by atoms with Crippen LogP contribution in [0.4, 0.5) is 0 Å². The number of aromatic amines is 1. The molecular formula is C15H19Cl2N3. The maximum absolute atomic E-state index is 6.22. The molecule has 108 valence electrons. The smallest absolute Gasteiger partial charge is 0.110 e. The van der Waals surface area contributed by atoms with E-state index >= 15 is 0 Å². The number of halogens is 2. The minimum atomic E-state index is 0.505. The molecule has 0 aliphatic carbocycles. The van der Waals surface area contributed by atoms with E-state index in [9.17, 15) is 0 Å². The quantitative estimate of drug-likeness (QED) is 0.907. The van der Waals surface area contributed by atoms with E-state index in [0.29, 0.717) is 16.0 Å². The zero-order valence-corrected chi connectivity index (χ0v) is 13.1. The highest BCUT2D eigenvalue weighted by Crippen LogP contribution is 2.33. The Bertz CT molecular complexity index is 600. The molecule has 1 aromatic carbocycles. The number of nitrogens with one attached hydrogen (secondary N) is 1. The van der Waals surface area contributed by atoms with Gasteiger partial charge in [-0.3, -0.25) is 0 Å². The van der Waals surface area contributed by atoms with Crippen LogP contribution in [-0.2, 0) is 0 Å². The molecule has 5 heteroatoms. The number of hydrogen-bond donors (Lipinski definition) is 1. The van der Waals surface area contributed by atoms with E-state index in [2.05, 4.69) is 21.8 Å². The first-order valence-corrected chi connectivity index (χ1v) is 8.00. The van der Waals surface area contributed by atoms with Crippen LogP contribution in [0.3, 0.4) is 0 Å². The van der Waals surface area contributed by atoms with Gasteiger partial charge in [0.05, 0.1) is 15.6 Å². The Morgan fingerprint density at radius 2 is 2.05 bits per heavy atom. The van der Waals surface area contributed by atoms with Crippen LogP contribution in [0.15, 0.2) is 12.1 Å². The number of imidazole rings is 1. The SMILES string of the molecule is CCCN1CCC(c2nc3c(Cl)c(Cl)ccc3[nH]2)CC1. The van der Waals surface area contributed by atoms with Gasteiger partial charge in [-0.2, -0.15) is 0 Å². The molecule has 1 aromatic heterocycles. The fraction of sp³-hybridized carbons (Fsp3) is 0.533. The molecule has 0 bridgehead atoms. The van der Waals surface area contributed by atoms with Crippen LogP contribution in [0.25, 0.3) is 11.0 Å². The molecular weight excluding hydrogens is 293 g/mol. The van der Waals surface area contributed by atoms with Crippen molar-refractivity contribution in [3.8, 4) is 0 Å². The number of hydrogen-bond acceptors (Lipinski definition) is 2. The van der Waals surface area contributed by atoms with E-state index < -0.39 is 0 Å². The van der Waals surface area contributed by atoms with E-state index in [1.807, 2.05) is 12.1 Å². The van der Waals surface area contributed by atoms with Gasteiger partial charge in [-0.05, 0) is 51.0 Å². The number of fused-ring (bicyclic) bond motifs is 1. The third-order valence-electron chi connectivity index (χ3n) is 4.08. The van der Waals surface area contributed by atoms with Crippen LogP contribution in [0, 0.1) is 0 Å².